The molecule has 8 atom stereocenters. The zero-order valence-electron chi connectivity index (χ0n) is 74.7. The van der Waals surface area contributed by atoms with Gasteiger partial charge in [0.25, 0.3) is 23.6 Å². The van der Waals surface area contributed by atoms with Crippen molar-refractivity contribution in [1.29, 1.82) is 0 Å². The first-order chi connectivity index (χ1) is 65.8. The molecular weight excluding hydrogens is 1780 g/mol. The average molecular weight is 1870 g/mol. The number of amides is 4. The molecule has 4 aromatic carbocycles. The van der Waals surface area contributed by atoms with E-state index in [2.05, 4.69) is 76.4 Å². The summed E-state index contributed by atoms with van der Waals surface area (Å²) < 4.78 is 27.4. The Morgan fingerprint density at radius 1 is 0.437 bits per heavy atom. The van der Waals surface area contributed by atoms with E-state index in [0.29, 0.717) is 144 Å². The van der Waals surface area contributed by atoms with Crippen LogP contribution in [0.4, 0.5) is 23.0 Å². The minimum atomic E-state index is -0.246. The number of H-pyrrole nitrogens is 1. The Hall–Kier alpha value is -14.1. The van der Waals surface area contributed by atoms with Crippen molar-refractivity contribution in [2.75, 3.05) is 100 Å². The zero-order chi connectivity index (χ0) is 92.6. The lowest BCUT2D eigenvalue weighted by atomic mass is 9.97. The van der Waals surface area contributed by atoms with Gasteiger partial charge in [0.05, 0.1) is 180 Å². The van der Waals surface area contributed by atoms with Crippen molar-refractivity contribution >= 4 is 158 Å². The number of imidazole rings is 2. The molecule has 0 spiro atoms. The first kappa shape index (κ1) is 88.8. The molecule has 4 unspecified atom stereocenters. The van der Waals surface area contributed by atoms with Crippen molar-refractivity contribution in [3.63, 3.8) is 0 Å². The van der Waals surface area contributed by atoms with Gasteiger partial charge in [0.2, 0.25) is 0 Å². The van der Waals surface area contributed by atoms with Crippen LogP contribution in [0.25, 0.3) is 87.6 Å². The van der Waals surface area contributed by atoms with Gasteiger partial charge in [-0.25, -0.2) is 58.9 Å². The molecule has 34 nitrogen and oxygen atoms in total. The van der Waals surface area contributed by atoms with Crippen LogP contribution >= 0.6 is 34.8 Å². The molecule has 6 aliphatic heterocycles. The zero-order valence-corrected chi connectivity index (χ0v) is 77.0. The summed E-state index contributed by atoms with van der Waals surface area (Å²) >= 11 is 19.6. The van der Waals surface area contributed by atoms with Gasteiger partial charge in [0.15, 0.2) is 17.1 Å². The molecule has 0 aliphatic carbocycles. The molecule has 19 heterocycles. The number of carbonyl (C=O) groups excluding carboxylic acids is 4. The van der Waals surface area contributed by atoms with Crippen LogP contribution in [0.15, 0.2) is 196 Å². The fraction of sp³-hybridized carbons (Fsp3) is 0.306. The Kier molecular flexibility index (Phi) is 25.3. The van der Waals surface area contributed by atoms with Gasteiger partial charge < -0.3 is 64.8 Å². The third kappa shape index (κ3) is 17.9. The molecule has 0 radical (unpaired) electrons. The van der Waals surface area contributed by atoms with E-state index in [0.717, 1.165) is 137 Å². The van der Waals surface area contributed by atoms with Crippen LogP contribution in [-0.4, -0.2) is 235 Å². The Labute approximate surface area is 788 Å². The number of halogens is 3. The minimum absolute atomic E-state index is 0.0460. The number of ether oxygens (including phenoxy) is 4. The summed E-state index contributed by atoms with van der Waals surface area (Å²) in [5.41, 5.74) is 12.9. The predicted octanol–water partition coefficient (Wildman–Crippen LogP) is 15.9. The van der Waals surface area contributed by atoms with E-state index in [-0.39, 0.29) is 72.0 Å². The van der Waals surface area contributed by atoms with Crippen LogP contribution in [-0.2, 0) is 26.0 Å². The molecular formula is C98H95Cl3N26O8. The van der Waals surface area contributed by atoms with Crippen molar-refractivity contribution in [3.05, 3.63) is 262 Å². The van der Waals surface area contributed by atoms with Crippen molar-refractivity contribution in [3.8, 4) is 11.1 Å². The number of fused-ring (bicyclic) bond motifs is 12. The fourth-order valence-corrected chi connectivity index (χ4v) is 19.6. The molecule has 6 aliphatic rings. The van der Waals surface area contributed by atoms with E-state index < -0.39 is 0 Å². The van der Waals surface area contributed by atoms with E-state index in [9.17, 15) is 19.2 Å². The molecule has 135 heavy (non-hydrogen) atoms. The quantitative estimate of drug-likeness (QED) is 0.0565. The number of aryl methyl sites for hydroxylation is 2. The lowest BCUT2D eigenvalue weighted by molar-refractivity contribution is -0.00750. The van der Waals surface area contributed by atoms with E-state index in [4.69, 9.17) is 73.7 Å². The molecule has 6 fully saturated rings. The normalized spacial score (nSPS) is 17.9. The lowest BCUT2D eigenvalue weighted by Gasteiger charge is -2.35. The summed E-state index contributed by atoms with van der Waals surface area (Å²) in [5, 5.41) is 35.7. The van der Waals surface area contributed by atoms with E-state index >= 15 is 0 Å². The average Bonchev–Trinajstić information content (AvgIpc) is 1.58. The molecule has 686 valence electrons. The lowest BCUT2D eigenvalue weighted by Crippen LogP contribution is -2.49. The maximum Gasteiger partial charge on any atom is 0.273 e. The number of carbonyl (C=O) groups is 4. The molecule has 37 heteroatoms. The Morgan fingerprint density at radius 2 is 0.867 bits per heavy atom. The highest BCUT2D eigenvalue weighted by Gasteiger charge is 2.44. The summed E-state index contributed by atoms with van der Waals surface area (Å²) in [7, 11) is 1.89. The van der Waals surface area contributed by atoms with Gasteiger partial charge in [0.1, 0.15) is 52.4 Å². The topological polar surface area (TPSA) is 376 Å². The maximum absolute atomic E-state index is 14.3. The molecule has 4 amide bonds. The number of morpholine rings is 4. The summed E-state index contributed by atoms with van der Waals surface area (Å²) in [5.74, 6) is 0.961. The second kappa shape index (κ2) is 38.5. The van der Waals surface area contributed by atoms with Gasteiger partial charge in [0, 0.05) is 104 Å². The largest absolute Gasteiger partial charge is 0.378 e. The van der Waals surface area contributed by atoms with E-state index in [1.54, 1.807) is 79.0 Å². The number of nitrogens with zero attached hydrogens (tertiary/aromatic N) is 21. The Morgan fingerprint density at radius 3 is 1.34 bits per heavy atom. The van der Waals surface area contributed by atoms with Crippen LogP contribution in [0, 0.1) is 6.92 Å². The van der Waals surface area contributed by atoms with Crippen LogP contribution in [0.2, 0.25) is 15.1 Å². The van der Waals surface area contributed by atoms with Gasteiger partial charge in [-0.1, -0.05) is 89.4 Å². The van der Waals surface area contributed by atoms with E-state index in [1.165, 1.54) is 12.7 Å². The monoisotopic (exact) mass is 1870 g/mol. The Bertz CT molecular complexity index is 7350. The maximum atomic E-state index is 14.3. The second-order valence-corrected chi connectivity index (χ2v) is 35.6. The van der Waals surface area contributed by atoms with Gasteiger partial charge >= 0.3 is 0 Å². The van der Waals surface area contributed by atoms with Gasteiger partial charge in [-0.15, -0.1) is 0 Å². The minimum Gasteiger partial charge on any atom is -0.378 e. The highest BCUT2D eigenvalue weighted by atomic mass is 35.5. The SMILES string of the molecule is C[C@H](Nc1ccnn2ccnc12)c1cc2cccc(Cl)c2c(C(=O)N2C3CCC2COC3)n1.C[C@H](Nc1ccnn2ccnc12)c1cc2cccc(Cl)c2c(C(=O)N2CCOCC2)n1.C[C@H](Nc1ncnc2cccnc12)c1cc2cccc(-c3cnn(C)c3)c2c(C(=O)N2C3CCC2COC3)n1.Cc1c[nH]c2ncnc(N[C@@H](C)c3cc4cccc(Cl)c4c(C(=O)N4CCOCC4)n3)c12. The molecule has 23 rings (SSSR count). The van der Waals surface area contributed by atoms with Gasteiger partial charge in [-0.2, -0.15) is 15.3 Å². The van der Waals surface area contributed by atoms with E-state index in [1.807, 2.05) is 179 Å². The molecule has 6 saturated heterocycles. The highest BCUT2D eigenvalue weighted by Crippen LogP contribution is 2.41. The standard InChI is InChI=1S/C29H28N8O2.C24H23ClN6O2.C23H23ClN6O2.C22H21ClN6O2/c1-17(34-28-26-23(31-16-32-28)7-4-10-30-26)24-11-18-5-3-6-22(19-12-33-36(2)13-19)25(18)27(35-24)29(38)37-20-8-9-21(37)15-39-14-20;1-14(28-19-7-8-27-30-10-9-26-23(19)30)20-11-15-3-2-4-18(25)21(15)22(29-20)24(32)31-16-5-6-17(31)13-33-12-16;1-13-11-25-21-18(13)22(27-12-26-21)28-14(2)17-10-15-4-3-5-16(24)19(15)20(29-17)23(31)30-6-8-32-9-7-30;1-14(26-17-5-6-25-29-8-7-24-21(17)29)18-13-15-3-2-4-16(23)19(15)20(27-18)22(30)28-9-11-31-12-10-28/h3-7,10-13,16-17,20-21H,8-9,14-15H2,1-2H3,(H,31,32,34);2-4,7-11,14,16-17,28H,5-6,12-13H2,1H3;3-5,10-12,14H,6-9H2,1-2H3,(H2,25,26,27,28);2-8,13-14,26H,9-12H2,1H3/t17-,20?,21?;14-,16?,17?;2*14-/m0000/s1. The smallest absolute Gasteiger partial charge is 0.273 e. The number of pyridine rings is 5. The predicted molar refractivity (Wildman–Crippen MR) is 515 cm³/mol. The van der Waals surface area contributed by atoms with Crippen LogP contribution in [0.5, 0.6) is 0 Å². The first-order valence-electron chi connectivity index (χ1n) is 45.0. The molecule has 4 bridgehead atoms. The summed E-state index contributed by atoms with van der Waals surface area (Å²) in [4.78, 5) is 116. The first-order valence-corrected chi connectivity index (χ1v) is 46.2. The molecule has 0 saturated carbocycles. The van der Waals surface area contributed by atoms with Crippen LogP contribution < -0.4 is 21.3 Å². The van der Waals surface area contributed by atoms with Gasteiger partial charge in [-0.05, 0) is 160 Å². The van der Waals surface area contributed by atoms with Crippen molar-refractivity contribution < 1.29 is 38.1 Å². The van der Waals surface area contributed by atoms with Crippen LogP contribution in [0.1, 0.15) is 148 Å². The fourth-order valence-electron chi connectivity index (χ4n) is 18.8. The number of benzene rings is 4. The summed E-state index contributed by atoms with van der Waals surface area (Å²) in [6, 6.07) is 38.1. The third-order valence-corrected chi connectivity index (χ3v) is 26.6. The number of rotatable bonds is 17. The van der Waals surface area contributed by atoms with Crippen molar-refractivity contribution in [2.45, 2.75) is 109 Å². The number of hydrogen-bond acceptors (Lipinski definition) is 26. The third-order valence-electron chi connectivity index (χ3n) is 25.6. The number of anilines is 4. The van der Waals surface area contributed by atoms with Gasteiger partial charge in [-0.3, -0.25) is 28.8 Å². The number of aromatic amines is 1. The van der Waals surface area contributed by atoms with Crippen molar-refractivity contribution in [2.24, 2.45) is 7.05 Å². The summed E-state index contributed by atoms with van der Waals surface area (Å²) in [6.07, 6.45) is 24.7. The second-order valence-electron chi connectivity index (χ2n) is 34.3. The summed E-state index contributed by atoms with van der Waals surface area (Å²) in [6.45, 7) is 16.6. The number of nitrogens with one attached hydrogen (secondary N) is 5. The van der Waals surface area contributed by atoms with Crippen LogP contribution in [0.3, 0.4) is 0 Å². The molecule has 17 aromatic rings. The highest BCUT2D eigenvalue weighted by molar-refractivity contribution is 6.38. The number of aromatic nitrogens is 18. The molecule has 13 aromatic heterocycles. The Balaban J connectivity index is 0.000000112. The number of hydrogen-bond donors (Lipinski definition) is 5. The molecule has 5 N–H and O–H groups in total. The van der Waals surface area contributed by atoms with Crippen molar-refractivity contribution in [1.82, 2.24) is 108 Å².